The average molecular weight is 196 g/mol. The van der Waals surface area contributed by atoms with Crippen LogP contribution in [-0.2, 0) is 4.79 Å². The highest BCUT2D eigenvalue weighted by Crippen LogP contribution is 2.34. The van der Waals surface area contributed by atoms with Gasteiger partial charge >= 0.3 is 5.97 Å². The minimum Gasteiger partial charge on any atom is -0.472 e. The van der Waals surface area contributed by atoms with Crippen molar-refractivity contribution in [3.63, 3.8) is 0 Å². The summed E-state index contributed by atoms with van der Waals surface area (Å²) in [5.74, 6) is 4.69. The molecular weight excluding hydrogens is 184 g/mol. The Kier molecular flexibility index (Phi) is 3.05. The van der Waals surface area contributed by atoms with Gasteiger partial charge in [-0.3, -0.25) is 0 Å². The van der Waals surface area contributed by atoms with Gasteiger partial charge < -0.3 is 5.11 Å². The normalized spacial score (nSPS) is 19.7. The van der Waals surface area contributed by atoms with Crippen LogP contribution in [0.15, 0.2) is 11.6 Å². The van der Waals surface area contributed by atoms with Crippen LogP contribution in [0.1, 0.15) is 20.3 Å². The van der Waals surface area contributed by atoms with Gasteiger partial charge in [0.1, 0.15) is 0 Å². The molecule has 0 aromatic carbocycles. The van der Waals surface area contributed by atoms with Crippen molar-refractivity contribution in [2.45, 2.75) is 25.0 Å². The van der Waals surface area contributed by atoms with E-state index in [1.54, 1.807) is 0 Å². The molecule has 0 saturated carbocycles. The lowest BCUT2D eigenvalue weighted by Gasteiger charge is -2.27. The van der Waals surface area contributed by atoms with Crippen molar-refractivity contribution in [3.05, 3.63) is 11.6 Å². The van der Waals surface area contributed by atoms with Gasteiger partial charge in [-0.15, -0.1) is 0 Å². The molecule has 1 aliphatic heterocycles. The van der Waals surface area contributed by atoms with E-state index in [-0.39, 0.29) is 4.75 Å². The van der Waals surface area contributed by atoms with Gasteiger partial charge in [-0.1, -0.05) is 25.8 Å². The summed E-state index contributed by atoms with van der Waals surface area (Å²) in [4.78, 5) is 10.2. The fourth-order valence-electron chi connectivity index (χ4n) is 1.18. The monoisotopic (exact) mass is 196 g/mol. The molecule has 0 amide bonds. The lowest BCUT2D eigenvalue weighted by atomic mass is 10.0. The van der Waals surface area contributed by atoms with E-state index in [1.807, 2.05) is 17.8 Å². The van der Waals surface area contributed by atoms with Crippen molar-refractivity contribution in [3.8, 4) is 11.8 Å². The first-order valence-corrected chi connectivity index (χ1v) is 5.06. The van der Waals surface area contributed by atoms with Crippen molar-refractivity contribution in [2.75, 3.05) is 5.75 Å². The Balaban J connectivity index is 2.69. The molecule has 0 aromatic heterocycles. The summed E-state index contributed by atoms with van der Waals surface area (Å²) in [5, 5.41) is 8.37. The molecule has 1 rings (SSSR count). The molecule has 0 aliphatic carbocycles. The maximum atomic E-state index is 10.2. The highest BCUT2D eigenvalue weighted by atomic mass is 32.2. The zero-order valence-corrected chi connectivity index (χ0v) is 8.57. The third-order valence-electron chi connectivity index (χ3n) is 1.75. The first-order valence-electron chi connectivity index (χ1n) is 4.07. The lowest BCUT2D eigenvalue weighted by Crippen LogP contribution is -2.19. The van der Waals surface area contributed by atoms with Gasteiger partial charge in [-0.05, 0) is 6.42 Å². The highest BCUT2D eigenvalue weighted by Gasteiger charge is 2.22. The third kappa shape index (κ3) is 3.56. The van der Waals surface area contributed by atoms with Crippen LogP contribution < -0.4 is 0 Å². The molecule has 1 heterocycles. The fraction of sp³-hybridized carbons (Fsp3) is 0.500. The topological polar surface area (TPSA) is 37.3 Å². The Hall–Kier alpha value is -0.880. The Morgan fingerprint density at radius 3 is 2.92 bits per heavy atom. The number of aliphatic carboxylic acids is 1. The second kappa shape index (κ2) is 3.89. The first-order chi connectivity index (χ1) is 5.99. The summed E-state index contributed by atoms with van der Waals surface area (Å²) in [5.41, 5.74) is 0.950. The number of hydrogen-bond donors (Lipinski definition) is 1. The smallest absolute Gasteiger partial charge is 0.382 e. The largest absolute Gasteiger partial charge is 0.472 e. The van der Waals surface area contributed by atoms with E-state index < -0.39 is 5.97 Å². The van der Waals surface area contributed by atoms with Crippen LogP contribution in [0.4, 0.5) is 0 Å². The number of thioether (sulfide) groups is 1. The number of carboxylic acid groups (broad SMARTS) is 1. The summed E-state index contributed by atoms with van der Waals surface area (Å²) in [6.45, 7) is 4.29. The summed E-state index contributed by atoms with van der Waals surface area (Å²) >= 11 is 1.87. The number of rotatable bonds is 0. The van der Waals surface area contributed by atoms with Crippen LogP contribution in [0.2, 0.25) is 0 Å². The van der Waals surface area contributed by atoms with Crippen LogP contribution in [0.3, 0.4) is 0 Å². The van der Waals surface area contributed by atoms with Gasteiger partial charge in [0.15, 0.2) is 0 Å². The van der Waals surface area contributed by atoms with Crippen LogP contribution in [0.5, 0.6) is 0 Å². The number of allylic oxidation sites excluding steroid dienone is 1. The van der Waals surface area contributed by atoms with Crippen molar-refractivity contribution in [1.82, 2.24) is 0 Å². The van der Waals surface area contributed by atoms with Crippen LogP contribution in [0, 0.1) is 11.8 Å². The maximum absolute atomic E-state index is 10.2. The van der Waals surface area contributed by atoms with Crippen molar-refractivity contribution < 1.29 is 9.90 Å². The molecule has 70 valence electrons. The molecule has 0 bridgehead atoms. The second-order valence-electron chi connectivity index (χ2n) is 3.53. The second-order valence-corrected chi connectivity index (χ2v) is 5.26. The molecule has 3 heteroatoms. The molecule has 0 atom stereocenters. The quantitative estimate of drug-likeness (QED) is 0.601. The van der Waals surface area contributed by atoms with E-state index >= 15 is 0 Å². The molecule has 2 nitrogen and oxygen atoms in total. The van der Waals surface area contributed by atoms with E-state index in [4.69, 9.17) is 5.11 Å². The number of hydrogen-bond acceptors (Lipinski definition) is 2. The minimum atomic E-state index is -1.06. The maximum Gasteiger partial charge on any atom is 0.382 e. The summed E-state index contributed by atoms with van der Waals surface area (Å²) in [6, 6.07) is 0. The Labute approximate surface area is 82.4 Å². The Bertz CT molecular complexity index is 305. The van der Waals surface area contributed by atoms with Gasteiger partial charge in [0, 0.05) is 22.0 Å². The van der Waals surface area contributed by atoms with E-state index in [9.17, 15) is 4.79 Å². The molecule has 0 radical (unpaired) electrons. The highest BCUT2D eigenvalue weighted by molar-refractivity contribution is 8.00. The zero-order valence-electron chi connectivity index (χ0n) is 7.76. The molecule has 0 unspecified atom stereocenters. The molecule has 1 aliphatic rings. The van der Waals surface area contributed by atoms with Crippen molar-refractivity contribution in [1.29, 1.82) is 0 Å². The van der Waals surface area contributed by atoms with Crippen LogP contribution >= 0.6 is 11.8 Å². The summed E-state index contributed by atoms with van der Waals surface area (Å²) in [7, 11) is 0. The standard InChI is InChI=1S/C10H12O2S/c1-10(2)7-8(5-6-13-10)3-4-9(11)12/h5H,6-7H2,1-2H3,(H,11,12). The zero-order chi connectivity index (χ0) is 9.90. The predicted octanol–water partition coefficient (Wildman–Crippen LogP) is 1.92. The summed E-state index contributed by atoms with van der Waals surface area (Å²) in [6.07, 6.45) is 2.86. The van der Waals surface area contributed by atoms with Gasteiger partial charge in [0.05, 0.1) is 0 Å². The molecular formula is C10H12O2S. The molecule has 0 aromatic rings. The van der Waals surface area contributed by atoms with Gasteiger partial charge in [-0.2, -0.15) is 11.8 Å². The van der Waals surface area contributed by atoms with Crippen molar-refractivity contribution >= 4 is 17.7 Å². The number of carbonyl (C=O) groups is 1. The first kappa shape index (κ1) is 10.2. The predicted molar refractivity (Wildman–Crippen MR) is 54.6 cm³/mol. The fourth-order valence-corrected chi connectivity index (χ4v) is 2.17. The minimum absolute atomic E-state index is 0.192. The molecule has 0 spiro atoms. The summed E-state index contributed by atoms with van der Waals surface area (Å²) < 4.78 is 0.192. The SMILES string of the molecule is CC1(C)CC(C#CC(=O)O)=CCS1. The lowest BCUT2D eigenvalue weighted by molar-refractivity contribution is -0.130. The Morgan fingerprint density at radius 2 is 2.38 bits per heavy atom. The van der Waals surface area contributed by atoms with Gasteiger partial charge in [0.25, 0.3) is 0 Å². The Morgan fingerprint density at radius 1 is 1.69 bits per heavy atom. The molecule has 13 heavy (non-hydrogen) atoms. The van der Waals surface area contributed by atoms with E-state index in [1.165, 1.54) is 0 Å². The van der Waals surface area contributed by atoms with E-state index in [2.05, 4.69) is 25.7 Å². The molecule has 0 saturated heterocycles. The molecule has 0 fully saturated rings. The molecule has 1 N–H and O–H groups in total. The van der Waals surface area contributed by atoms with E-state index in [0.29, 0.717) is 0 Å². The van der Waals surface area contributed by atoms with Crippen molar-refractivity contribution in [2.24, 2.45) is 0 Å². The number of carboxylic acids is 1. The van der Waals surface area contributed by atoms with Gasteiger partial charge in [0.2, 0.25) is 0 Å². The van der Waals surface area contributed by atoms with E-state index in [0.717, 1.165) is 17.7 Å². The third-order valence-corrected chi connectivity index (χ3v) is 3.01. The van der Waals surface area contributed by atoms with Crippen LogP contribution in [-0.4, -0.2) is 21.6 Å². The van der Waals surface area contributed by atoms with Crippen LogP contribution in [0.25, 0.3) is 0 Å². The van der Waals surface area contributed by atoms with Gasteiger partial charge in [-0.25, -0.2) is 4.79 Å². The average Bonchev–Trinajstić information content (AvgIpc) is 1.99.